The largest absolute Gasteiger partial charge is 0.371 e. The number of piperidine rings is 1. The molecule has 0 bridgehead atoms. The lowest BCUT2D eigenvalue weighted by atomic mass is 10.1. The third-order valence-corrected chi connectivity index (χ3v) is 2.88. The highest BCUT2D eigenvalue weighted by atomic mass is 15.1. The van der Waals surface area contributed by atoms with Crippen LogP contribution in [0.4, 0.5) is 0 Å². The van der Waals surface area contributed by atoms with Crippen LogP contribution in [-0.4, -0.2) is 18.9 Å². The molecule has 2 aliphatic rings. The van der Waals surface area contributed by atoms with Crippen LogP contribution in [-0.2, 0) is 0 Å². The van der Waals surface area contributed by atoms with Gasteiger partial charge < -0.3 is 5.32 Å². The number of aliphatic imine (C=N–C) groups is 1. The summed E-state index contributed by atoms with van der Waals surface area (Å²) >= 11 is 0. The quantitative estimate of drug-likeness (QED) is 0.588. The van der Waals surface area contributed by atoms with Crippen LogP contribution in [0.15, 0.2) is 4.99 Å². The van der Waals surface area contributed by atoms with Crippen molar-refractivity contribution < 1.29 is 0 Å². The second kappa shape index (κ2) is 3.92. The SMILES string of the molecule is CC.CN=C1CCC2C(C)C2N1. The Labute approximate surface area is 75.5 Å². The Bertz CT molecular complexity index is 175. The molecule has 1 aliphatic carbocycles. The zero-order valence-corrected chi connectivity index (χ0v) is 8.59. The highest BCUT2D eigenvalue weighted by Crippen LogP contribution is 2.44. The molecule has 2 fully saturated rings. The van der Waals surface area contributed by atoms with Gasteiger partial charge in [-0.15, -0.1) is 0 Å². The summed E-state index contributed by atoms with van der Waals surface area (Å²) in [5, 5.41) is 3.44. The van der Waals surface area contributed by atoms with Gasteiger partial charge in [0.05, 0.1) is 5.84 Å². The van der Waals surface area contributed by atoms with Crippen LogP contribution in [0, 0.1) is 11.8 Å². The minimum absolute atomic E-state index is 0.771. The second-order valence-corrected chi connectivity index (χ2v) is 3.40. The van der Waals surface area contributed by atoms with Crippen molar-refractivity contribution in [1.82, 2.24) is 5.32 Å². The normalized spacial score (nSPS) is 40.7. The van der Waals surface area contributed by atoms with Crippen molar-refractivity contribution in [3.63, 3.8) is 0 Å². The molecule has 12 heavy (non-hydrogen) atoms. The lowest BCUT2D eigenvalue weighted by Gasteiger charge is -2.13. The fourth-order valence-corrected chi connectivity index (χ4v) is 1.97. The Morgan fingerprint density at radius 3 is 2.58 bits per heavy atom. The molecule has 2 rings (SSSR count). The summed E-state index contributed by atoms with van der Waals surface area (Å²) in [6.45, 7) is 6.32. The Hall–Kier alpha value is -0.530. The predicted octanol–water partition coefficient (Wildman–Crippen LogP) is 2.06. The van der Waals surface area contributed by atoms with Gasteiger partial charge in [-0.05, 0) is 18.3 Å². The van der Waals surface area contributed by atoms with Crippen molar-refractivity contribution in [2.24, 2.45) is 16.8 Å². The van der Waals surface area contributed by atoms with Crippen molar-refractivity contribution in [2.45, 2.75) is 39.7 Å². The number of nitrogens with one attached hydrogen (secondary N) is 1. The van der Waals surface area contributed by atoms with Crippen LogP contribution >= 0.6 is 0 Å². The number of nitrogens with zero attached hydrogens (tertiary/aromatic N) is 1. The van der Waals surface area contributed by atoms with Gasteiger partial charge in [-0.25, -0.2) is 0 Å². The summed E-state index contributed by atoms with van der Waals surface area (Å²) in [7, 11) is 1.87. The molecule has 0 amide bonds. The Kier molecular flexibility index (Phi) is 3.12. The van der Waals surface area contributed by atoms with E-state index < -0.39 is 0 Å². The average Bonchev–Trinajstić information content (AvgIpc) is 2.80. The monoisotopic (exact) mass is 168 g/mol. The summed E-state index contributed by atoms with van der Waals surface area (Å²) in [6.07, 6.45) is 2.52. The molecule has 2 heteroatoms. The van der Waals surface area contributed by atoms with Crippen LogP contribution in [0.5, 0.6) is 0 Å². The lowest BCUT2D eigenvalue weighted by molar-refractivity contribution is 0.636. The van der Waals surface area contributed by atoms with E-state index in [0.717, 1.165) is 17.9 Å². The fourth-order valence-electron chi connectivity index (χ4n) is 1.97. The summed E-state index contributed by atoms with van der Waals surface area (Å²) in [5.74, 6) is 3.08. The van der Waals surface area contributed by atoms with E-state index in [2.05, 4.69) is 17.2 Å². The van der Waals surface area contributed by atoms with E-state index in [0.29, 0.717) is 0 Å². The molecule has 3 atom stereocenters. The van der Waals surface area contributed by atoms with E-state index in [-0.39, 0.29) is 0 Å². The minimum Gasteiger partial charge on any atom is -0.371 e. The molecule has 2 nitrogen and oxygen atoms in total. The average molecular weight is 168 g/mol. The van der Waals surface area contributed by atoms with E-state index in [4.69, 9.17) is 0 Å². The van der Waals surface area contributed by atoms with Gasteiger partial charge in [0.2, 0.25) is 0 Å². The summed E-state index contributed by atoms with van der Waals surface area (Å²) in [4.78, 5) is 4.16. The van der Waals surface area contributed by atoms with Crippen LogP contribution < -0.4 is 5.32 Å². The van der Waals surface area contributed by atoms with Gasteiger partial charge in [0.1, 0.15) is 0 Å². The lowest BCUT2D eigenvalue weighted by Crippen LogP contribution is -2.31. The first kappa shape index (κ1) is 9.56. The third-order valence-electron chi connectivity index (χ3n) is 2.88. The third kappa shape index (κ3) is 1.62. The van der Waals surface area contributed by atoms with Gasteiger partial charge in [0, 0.05) is 19.5 Å². The van der Waals surface area contributed by atoms with Gasteiger partial charge in [-0.2, -0.15) is 0 Å². The number of amidine groups is 1. The van der Waals surface area contributed by atoms with Crippen molar-refractivity contribution in [2.75, 3.05) is 7.05 Å². The van der Waals surface area contributed by atoms with E-state index in [1.807, 2.05) is 20.9 Å². The maximum Gasteiger partial charge on any atom is 0.0962 e. The maximum atomic E-state index is 4.16. The minimum atomic E-state index is 0.771. The molecule has 0 aromatic carbocycles. The molecule has 1 N–H and O–H groups in total. The fraction of sp³-hybridized carbons (Fsp3) is 0.900. The first-order valence-electron chi connectivity index (χ1n) is 5.05. The first-order chi connectivity index (χ1) is 5.83. The number of fused-ring (bicyclic) bond motifs is 1. The van der Waals surface area contributed by atoms with Crippen molar-refractivity contribution in [3.05, 3.63) is 0 Å². The number of hydrogen-bond donors (Lipinski definition) is 1. The molecule has 1 heterocycles. The second-order valence-electron chi connectivity index (χ2n) is 3.40. The first-order valence-corrected chi connectivity index (χ1v) is 5.05. The van der Waals surface area contributed by atoms with Gasteiger partial charge in [0.25, 0.3) is 0 Å². The highest BCUT2D eigenvalue weighted by molar-refractivity contribution is 5.83. The van der Waals surface area contributed by atoms with E-state index in [1.165, 1.54) is 18.7 Å². The molecule has 0 aromatic heterocycles. The van der Waals surface area contributed by atoms with Crippen LogP contribution in [0.1, 0.15) is 33.6 Å². The molecule has 0 aromatic rings. The summed E-state index contributed by atoms with van der Waals surface area (Å²) < 4.78 is 0. The van der Waals surface area contributed by atoms with Crippen molar-refractivity contribution >= 4 is 5.84 Å². The zero-order chi connectivity index (χ0) is 9.14. The van der Waals surface area contributed by atoms with Gasteiger partial charge in [-0.3, -0.25) is 4.99 Å². The van der Waals surface area contributed by atoms with Crippen LogP contribution in [0.25, 0.3) is 0 Å². The van der Waals surface area contributed by atoms with E-state index in [1.54, 1.807) is 0 Å². The zero-order valence-electron chi connectivity index (χ0n) is 8.59. The molecule has 70 valence electrons. The Morgan fingerprint density at radius 2 is 2.08 bits per heavy atom. The van der Waals surface area contributed by atoms with E-state index in [9.17, 15) is 0 Å². The molecular formula is C10H20N2. The highest BCUT2D eigenvalue weighted by Gasteiger charge is 2.48. The van der Waals surface area contributed by atoms with Crippen LogP contribution in [0.2, 0.25) is 0 Å². The maximum absolute atomic E-state index is 4.16. The molecule has 1 saturated carbocycles. The number of rotatable bonds is 0. The molecule has 3 unspecified atom stereocenters. The van der Waals surface area contributed by atoms with Crippen molar-refractivity contribution in [1.29, 1.82) is 0 Å². The van der Waals surface area contributed by atoms with Crippen LogP contribution in [0.3, 0.4) is 0 Å². The summed E-state index contributed by atoms with van der Waals surface area (Å²) in [5.41, 5.74) is 0. The van der Waals surface area contributed by atoms with Crippen molar-refractivity contribution in [3.8, 4) is 0 Å². The Morgan fingerprint density at radius 1 is 1.42 bits per heavy atom. The standard InChI is InChI=1S/C8H14N2.C2H6/c1-5-6-3-4-7(9-2)10-8(5)6;1-2/h5-6,8H,3-4H2,1-2H3,(H,9,10);1-2H3. The van der Waals surface area contributed by atoms with Gasteiger partial charge in [-0.1, -0.05) is 20.8 Å². The van der Waals surface area contributed by atoms with E-state index >= 15 is 0 Å². The molecule has 1 aliphatic heterocycles. The topological polar surface area (TPSA) is 24.4 Å². The Balaban J connectivity index is 0.000000336. The molecule has 1 saturated heterocycles. The molecule has 0 radical (unpaired) electrons. The molecule has 0 spiro atoms. The number of hydrogen-bond acceptors (Lipinski definition) is 1. The van der Waals surface area contributed by atoms with Gasteiger partial charge in [0.15, 0.2) is 0 Å². The predicted molar refractivity (Wildman–Crippen MR) is 53.5 cm³/mol. The molecular weight excluding hydrogens is 148 g/mol. The van der Waals surface area contributed by atoms with Gasteiger partial charge >= 0.3 is 0 Å². The smallest absolute Gasteiger partial charge is 0.0962 e. The summed E-state index contributed by atoms with van der Waals surface area (Å²) in [6, 6.07) is 0.771.